The number of halogens is 1. The van der Waals surface area contributed by atoms with Crippen molar-refractivity contribution in [2.45, 2.75) is 19.5 Å². The number of hydrogen-bond acceptors (Lipinski definition) is 3. The fourth-order valence-electron chi connectivity index (χ4n) is 3.42. The molecule has 1 atom stereocenters. The maximum atomic E-state index is 12.8. The molecule has 1 saturated heterocycles. The van der Waals surface area contributed by atoms with E-state index in [-0.39, 0.29) is 11.9 Å². The van der Waals surface area contributed by atoms with Crippen LogP contribution in [0.2, 0.25) is 5.02 Å². The molecule has 26 heavy (non-hydrogen) atoms. The highest BCUT2D eigenvalue weighted by atomic mass is 35.5. The minimum atomic E-state index is -0.117. The number of anilines is 1. The molecule has 1 aliphatic rings. The largest absolute Gasteiger partial charge is 0.314 e. The SMILES string of the molecule is C[C@@H](C(=O)N(C)c1ccccc1)N1CCN(Cc2cccc(Cl)c2)CC1. The summed E-state index contributed by atoms with van der Waals surface area (Å²) in [5.74, 6) is 0.138. The highest BCUT2D eigenvalue weighted by Gasteiger charge is 2.27. The summed E-state index contributed by atoms with van der Waals surface area (Å²) in [6, 6.07) is 17.7. The predicted octanol–water partition coefficient (Wildman–Crippen LogP) is 3.51. The number of rotatable bonds is 5. The van der Waals surface area contributed by atoms with Gasteiger partial charge in [-0.3, -0.25) is 14.6 Å². The van der Waals surface area contributed by atoms with E-state index in [1.54, 1.807) is 4.90 Å². The molecule has 138 valence electrons. The van der Waals surface area contributed by atoms with Crippen LogP contribution in [0.25, 0.3) is 0 Å². The summed E-state index contributed by atoms with van der Waals surface area (Å²) in [7, 11) is 1.85. The highest BCUT2D eigenvalue weighted by Crippen LogP contribution is 2.17. The van der Waals surface area contributed by atoms with E-state index >= 15 is 0 Å². The van der Waals surface area contributed by atoms with Gasteiger partial charge in [-0.05, 0) is 36.8 Å². The molecule has 2 aromatic rings. The van der Waals surface area contributed by atoms with Gasteiger partial charge in [-0.2, -0.15) is 0 Å². The Morgan fingerprint density at radius 1 is 1.08 bits per heavy atom. The lowest BCUT2D eigenvalue weighted by Crippen LogP contribution is -2.53. The van der Waals surface area contributed by atoms with Crippen LogP contribution in [0.5, 0.6) is 0 Å². The van der Waals surface area contributed by atoms with Gasteiger partial charge in [0.2, 0.25) is 5.91 Å². The third-order valence-corrected chi connectivity index (χ3v) is 5.32. The van der Waals surface area contributed by atoms with Crippen LogP contribution in [0.4, 0.5) is 5.69 Å². The maximum Gasteiger partial charge on any atom is 0.243 e. The molecule has 0 spiro atoms. The molecule has 1 aliphatic heterocycles. The summed E-state index contributed by atoms with van der Waals surface area (Å²) < 4.78 is 0. The molecule has 0 aromatic heterocycles. The fraction of sp³-hybridized carbons (Fsp3) is 0.381. The second-order valence-electron chi connectivity index (χ2n) is 6.85. The van der Waals surface area contributed by atoms with Crippen molar-refractivity contribution in [1.82, 2.24) is 9.80 Å². The second-order valence-corrected chi connectivity index (χ2v) is 7.29. The van der Waals surface area contributed by atoms with Crippen LogP contribution in [0.1, 0.15) is 12.5 Å². The molecular weight excluding hydrogens is 346 g/mol. The Morgan fingerprint density at radius 2 is 1.77 bits per heavy atom. The van der Waals surface area contributed by atoms with Crippen molar-refractivity contribution in [2.75, 3.05) is 38.1 Å². The zero-order chi connectivity index (χ0) is 18.5. The van der Waals surface area contributed by atoms with Crippen LogP contribution in [0.3, 0.4) is 0 Å². The zero-order valence-corrected chi connectivity index (χ0v) is 16.2. The van der Waals surface area contributed by atoms with Crippen LogP contribution in [-0.4, -0.2) is 55.0 Å². The van der Waals surface area contributed by atoms with E-state index in [4.69, 9.17) is 11.6 Å². The van der Waals surface area contributed by atoms with E-state index in [1.807, 2.05) is 62.5 Å². The summed E-state index contributed by atoms with van der Waals surface area (Å²) in [6.07, 6.45) is 0. The number of benzene rings is 2. The first kappa shape index (κ1) is 18.9. The Hall–Kier alpha value is -1.88. The fourth-order valence-corrected chi connectivity index (χ4v) is 3.63. The van der Waals surface area contributed by atoms with Gasteiger partial charge < -0.3 is 4.90 Å². The first-order valence-electron chi connectivity index (χ1n) is 9.08. The molecule has 0 radical (unpaired) electrons. The number of para-hydroxylation sites is 1. The Labute approximate surface area is 161 Å². The molecule has 0 bridgehead atoms. The number of hydrogen-bond donors (Lipinski definition) is 0. The number of piperazine rings is 1. The van der Waals surface area contributed by atoms with Crippen LogP contribution in [0.15, 0.2) is 54.6 Å². The third kappa shape index (κ3) is 4.64. The molecule has 5 heteroatoms. The number of likely N-dealkylation sites (N-methyl/N-ethyl adjacent to an activating group) is 1. The summed E-state index contributed by atoms with van der Waals surface area (Å²) in [6.45, 7) is 6.62. The van der Waals surface area contributed by atoms with Gasteiger partial charge in [0, 0.05) is 50.5 Å². The first-order chi connectivity index (χ1) is 12.5. The van der Waals surface area contributed by atoms with Crippen LogP contribution in [-0.2, 0) is 11.3 Å². The number of nitrogens with zero attached hydrogens (tertiary/aromatic N) is 3. The van der Waals surface area contributed by atoms with Crippen molar-refractivity contribution in [1.29, 1.82) is 0 Å². The van der Waals surface area contributed by atoms with E-state index in [9.17, 15) is 4.79 Å². The molecular formula is C21H26ClN3O. The van der Waals surface area contributed by atoms with E-state index in [2.05, 4.69) is 15.9 Å². The van der Waals surface area contributed by atoms with Gasteiger partial charge in [0.15, 0.2) is 0 Å². The lowest BCUT2D eigenvalue weighted by molar-refractivity contribution is -0.123. The van der Waals surface area contributed by atoms with Gasteiger partial charge >= 0.3 is 0 Å². The second kappa shape index (κ2) is 8.67. The van der Waals surface area contributed by atoms with Gasteiger partial charge in [0.1, 0.15) is 0 Å². The monoisotopic (exact) mass is 371 g/mol. The van der Waals surface area contributed by atoms with Gasteiger partial charge in [-0.1, -0.05) is 41.9 Å². The minimum absolute atomic E-state index is 0.117. The Kier molecular flexibility index (Phi) is 6.30. The predicted molar refractivity (Wildman–Crippen MR) is 108 cm³/mol. The summed E-state index contributed by atoms with van der Waals surface area (Å²) in [5.41, 5.74) is 2.17. The summed E-state index contributed by atoms with van der Waals surface area (Å²) >= 11 is 6.07. The molecule has 1 fully saturated rings. The summed E-state index contributed by atoms with van der Waals surface area (Å²) in [5, 5.41) is 0.782. The topological polar surface area (TPSA) is 26.8 Å². The van der Waals surface area contributed by atoms with Crippen molar-refractivity contribution in [2.24, 2.45) is 0 Å². The average molecular weight is 372 g/mol. The third-order valence-electron chi connectivity index (χ3n) is 5.08. The molecule has 2 aromatic carbocycles. The number of amides is 1. The average Bonchev–Trinajstić information content (AvgIpc) is 2.67. The van der Waals surface area contributed by atoms with Crippen LogP contribution >= 0.6 is 11.6 Å². The van der Waals surface area contributed by atoms with E-state index in [0.717, 1.165) is 43.4 Å². The van der Waals surface area contributed by atoms with Crippen molar-refractivity contribution in [3.63, 3.8) is 0 Å². The minimum Gasteiger partial charge on any atom is -0.314 e. The van der Waals surface area contributed by atoms with Crippen molar-refractivity contribution in [3.8, 4) is 0 Å². The van der Waals surface area contributed by atoms with Gasteiger partial charge in [-0.15, -0.1) is 0 Å². The van der Waals surface area contributed by atoms with Crippen molar-refractivity contribution < 1.29 is 4.79 Å². The number of carbonyl (C=O) groups excluding carboxylic acids is 1. The molecule has 4 nitrogen and oxygen atoms in total. The van der Waals surface area contributed by atoms with Crippen LogP contribution in [0, 0.1) is 0 Å². The van der Waals surface area contributed by atoms with Crippen LogP contribution < -0.4 is 4.90 Å². The molecule has 0 unspecified atom stereocenters. The standard InChI is InChI=1S/C21H26ClN3O/c1-17(21(26)23(2)20-9-4-3-5-10-20)25-13-11-24(12-14-25)16-18-7-6-8-19(22)15-18/h3-10,15,17H,11-14,16H2,1-2H3/t17-/m0/s1. The molecule has 1 heterocycles. The Bertz CT molecular complexity index is 729. The quantitative estimate of drug-likeness (QED) is 0.804. The molecule has 0 N–H and O–H groups in total. The summed E-state index contributed by atoms with van der Waals surface area (Å²) in [4.78, 5) is 19.3. The zero-order valence-electron chi connectivity index (χ0n) is 15.4. The van der Waals surface area contributed by atoms with Gasteiger partial charge in [0.25, 0.3) is 0 Å². The Morgan fingerprint density at radius 3 is 2.42 bits per heavy atom. The molecule has 3 rings (SSSR count). The van der Waals surface area contributed by atoms with E-state index in [1.165, 1.54) is 5.56 Å². The maximum absolute atomic E-state index is 12.8. The van der Waals surface area contributed by atoms with Crippen molar-refractivity contribution in [3.05, 3.63) is 65.2 Å². The van der Waals surface area contributed by atoms with Gasteiger partial charge in [0.05, 0.1) is 6.04 Å². The molecule has 1 amide bonds. The van der Waals surface area contributed by atoms with E-state index in [0.29, 0.717) is 0 Å². The first-order valence-corrected chi connectivity index (χ1v) is 9.46. The lowest BCUT2D eigenvalue weighted by Gasteiger charge is -2.38. The van der Waals surface area contributed by atoms with Gasteiger partial charge in [-0.25, -0.2) is 0 Å². The highest BCUT2D eigenvalue weighted by molar-refractivity contribution is 6.30. The Balaban J connectivity index is 1.53. The lowest BCUT2D eigenvalue weighted by atomic mass is 10.1. The molecule has 0 aliphatic carbocycles. The molecule has 0 saturated carbocycles. The smallest absolute Gasteiger partial charge is 0.243 e. The normalized spacial score (nSPS) is 17.0. The van der Waals surface area contributed by atoms with E-state index < -0.39 is 0 Å². The van der Waals surface area contributed by atoms with Crippen molar-refractivity contribution >= 4 is 23.2 Å². The number of carbonyl (C=O) groups is 1.